The van der Waals surface area contributed by atoms with Crippen molar-refractivity contribution in [3.63, 3.8) is 0 Å². The lowest BCUT2D eigenvalue weighted by Gasteiger charge is -2.04. The molecule has 0 unspecified atom stereocenters. The number of aromatic nitrogens is 2. The SMILES string of the molecule is Cc1noc(CCNC(=O)CCc2ccc(N)cc2)n1. The number of carbonyl (C=O) groups excluding carboxylic acids is 1. The number of rotatable bonds is 6. The first kappa shape index (κ1) is 14.0. The van der Waals surface area contributed by atoms with Gasteiger partial charge in [0.1, 0.15) is 0 Å². The normalized spacial score (nSPS) is 10.4. The van der Waals surface area contributed by atoms with Crippen molar-refractivity contribution < 1.29 is 9.32 Å². The zero-order chi connectivity index (χ0) is 14.4. The minimum absolute atomic E-state index is 0.0121. The van der Waals surface area contributed by atoms with Gasteiger partial charge in [0, 0.05) is 25.1 Å². The number of nitrogens with one attached hydrogen (secondary N) is 1. The summed E-state index contributed by atoms with van der Waals surface area (Å²) in [5.74, 6) is 1.16. The Morgan fingerprint density at radius 1 is 1.30 bits per heavy atom. The molecule has 1 amide bonds. The molecule has 2 aromatic rings. The van der Waals surface area contributed by atoms with Crippen molar-refractivity contribution in [1.82, 2.24) is 15.5 Å². The predicted octanol–water partition coefficient (Wildman–Crippen LogP) is 1.25. The van der Waals surface area contributed by atoms with Crippen LogP contribution in [0.3, 0.4) is 0 Å². The van der Waals surface area contributed by atoms with Crippen molar-refractivity contribution in [1.29, 1.82) is 0 Å². The third-order valence-electron chi connectivity index (χ3n) is 2.85. The lowest BCUT2D eigenvalue weighted by Crippen LogP contribution is -2.25. The van der Waals surface area contributed by atoms with Gasteiger partial charge in [0.2, 0.25) is 11.8 Å². The van der Waals surface area contributed by atoms with Gasteiger partial charge in [-0.3, -0.25) is 4.79 Å². The van der Waals surface area contributed by atoms with E-state index in [0.29, 0.717) is 37.5 Å². The fourth-order valence-electron chi connectivity index (χ4n) is 1.78. The van der Waals surface area contributed by atoms with E-state index >= 15 is 0 Å². The highest BCUT2D eigenvalue weighted by Crippen LogP contribution is 2.07. The van der Waals surface area contributed by atoms with Gasteiger partial charge in [-0.1, -0.05) is 17.3 Å². The zero-order valence-electron chi connectivity index (χ0n) is 11.4. The monoisotopic (exact) mass is 274 g/mol. The standard InChI is InChI=1S/C14H18N4O2/c1-10-17-14(20-18-10)8-9-16-13(19)7-4-11-2-5-12(15)6-3-11/h2-3,5-6H,4,7-9,15H2,1H3,(H,16,19). The van der Waals surface area contributed by atoms with Crippen LogP contribution in [0, 0.1) is 6.92 Å². The molecule has 3 N–H and O–H groups in total. The molecule has 0 spiro atoms. The lowest BCUT2D eigenvalue weighted by molar-refractivity contribution is -0.121. The molecule has 1 aromatic heterocycles. The van der Waals surface area contributed by atoms with Crippen LogP contribution < -0.4 is 11.1 Å². The van der Waals surface area contributed by atoms with E-state index in [-0.39, 0.29) is 5.91 Å². The van der Waals surface area contributed by atoms with E-state index < -0.39 is 0 Å². The van der Waals surface area contributed by atoms with Gasteiger partial charge in [0.25, 0.3) is 0 Å². The summed E-state index contributed by atoms with van der Waals surface area (Å²) in [6, 6.07) is 7.55. The second kappa shape index (κ2) is 6.70. The van der Waals surface area contributed by atoms with Crippen LogP contribution in [-0.4, -0.2) is 22.6 Å². The van der Waals surface area contributed by atoms with E-state index in [1.807, 2.05) is 24.3 Å². The van der Waals surface area contributed by atoms with Gasteiger partial charge < -0.3 is 15.6 Å². The summed E-state index contributed by atoms with van der Waals surface area (Å²) < 4.78 is 4.96. The third-order valence-corrected chi connectivity index (χ3v) is 2.85. The molecule has 6 nitrogen and oxygen atoms in total. The summed E-state index contributed by atoms with van der Waals surface area (Å²) in [4.78, 5) is 15.7. The van der Waals surface area contributed by atoms with Crippen molar-refractivity contribution in [2.45, 2.75) is 26.2 Å². The summed E-state index contributed by atoms with van der Waals surface area (Å²) >= 11 is 0. The Bertz CT molecular complexity index is 563. The quantitative estimate of drug-likeness (QED) is 0.773. The molecular weight excluding hydrogens is 256 g/mol. The Morgan fingerprint density at radius 2 is 2.05 bits per heavy atom. The van der Waals surface area contributed by atoms with E-state index in [1.54, 1.807) is 6.92 Å². The second-order valence-electron chi connectivity index (χ2n) is 4.58. The van der Waals surface area contributed by atoms with Gasteiger partial charge in [-0.2, -0.15) is 4.98 Å². The van der Waals surface area contributed by atoms with Crippen molar-refractivity contribution in [3.8, 4) is 0 Å². The van der Waals surface area contributed by atoms with Crippen LogP contribution in [0.5, 0.6) is 0 Å². The van der Waals surface area contributed by atoms with E-state index in [4.69, 9.17) is 10.3 Å². The van der Waals surface area contributed by atoms with Crippen LogP contribution in [0.1, 0.15) is 23.7 Å². The van der Waals surface area contributed by atoms with Crippen molar-refractivity contribution in [2.24, 2.45) is 0 Å². The highest BCUT2D eigenvalue weighted by Gasteiger charge is 2.05. The molecule has 2 rings (SSSR count). The first-order valence-electron chi connectivity index (χ1n) is 6.54. The Labute approximate surface area is 117 Å². The van der Waals surface area contributed by atoms with Crippen LogP contribution in [0.4, 0.5) is 5.69 Å². The number of nitrogens with two attached hydrogens (primary N) is 1. The molecule has 0 saturated heterocycles. The van der Waals surface area contributed by atoms with Gasteiger partial charge >= 0.3 is 0 Å². The fraction of sp³-hybridized carbons (Fsp3) is 0.357. The van der Waals surface area contributed by atoms with E-state index in [2.05, 4.69) is 15.5 Å². The minimum Gasteiger partial charge on any atom is -0.399 e. The number of anilines is 1. The van der Waals surface area contributed by atoms with Crippen LogP contribution in [0.15, 0.2) is 28.8 Å². The first-order chi connectivity index (χ1) is 9.63. The van der Waals surface area contributed by atoms with Crippen LogP contribution in [0.25, 0.3) is 0 Å². The lowest BCUT2D eigenvalue weighted by atomic mass is 10.1. The fourth-order valence-corrected chi connectivity index (χ4v) is 1.78. The number of nitrogen functional groups attached to an aromatic ring is 1. The van der Waals surface area contributed by atoms with Crippen LogP contribution in [0.2, 0.25) is 0 Å². The maximum absolute atomic E-state index is 11.7. The van der Waals surface area contributed by atoms with Gasteiger partial charge in [0.15, 0.2) is 5.82 Å². The van der Waals surface area contributed by atoms with Gasteiger partial charge in [0.05, 0.1) is 0 Å². The van der Waals surface area contributed by atoms with Crippen molar-refractivity contribution >= 4 is 11.6 Å². The molecule has 0 atom stereocenters. The number of carbonyl (C=O) groups is 1. The summed E-state index contributed by atoms with van der Waals surface area (Å²) in [6.45, 7) is 2.26. The predicted molar refractivity (Wildman–Crippen MR) is 74.9 cm³/mol. The van der Waals surface area contributed by atoms with Crippen molar-refractivity contribution in [3.05, 3.63) is 41.5 Å². The molecule has 0 aliphatic rings. The average Bonchev–Trinajstić information content (AvgIpc) is 2.84. The molecule has 106 valence electrons. The summed E-state index contributed by atoms with van der Waals surface area (Å²) in [5, 5.41) is 6.52. The molecule has 0 aliphatic heterocycles. The molecule has 1 heterocycles. The molecule has 20 heavy (non-hydrogen) atoms. The molecule has 0 fully saturated rings. The number of hydrogen-bond acceptors (Lipinski definition) is 5. The van der Waals surface area contributed by atoms with Crippen LogP contribution >= 0.6 is 0 Å². The number of aryl methyl sites for hydroxylation is 2. The molecule has 6 heteroatoms. The molecule has 0 saturated carbocycles. The average molecular weight is 274 g/mol. The van der Waals surface area contributed by atoms with Gasteiger partial charge in [-0.25, -0.2) is 0 Å². The maximum atomic E-state index is 11.7. The summed E-state index contributed by atoms with van der Waals surface area (Å²) in [5.41, 5.74) is 7.43. The number of hydrogen-bond donors (Lipinski definition) is 2. The molecule has 0 bridgehead atoms. The number of amides is 1. The highest BCUT2D eigenvalue weighted by atomic mass is 16.5. The minimum atomic E-state index is 0.0121. The smallest absolute Gasteiger partial charge is 0.228 e. The zero-order valence-corrected chi connectivity index (χ0v) is 11.4. The molecule has 0 radical (unpaired) electrons. The first-order valence-corrected chi connectivity index (χ1v) is 6.54. The van der Waals surface area contributed by atoms with E-state index in [9.17, 15) is 4.79 Å². The topological polar surface area (TPSA) is 94.0 Å². The third kappa shape index (κ3) is 4.38. The van der Waals surface area contributed by atoms with E-state index in [1.165, 1.54) is 0 Å². The maximum Gasteiger partial charge on any atom is 0.228 e. The second-order valence-corrected chi connectivity index (χ2v) is 4.58. The van der Waals surface area contributed by atoms with Gasteiger partial charge in [-0.15, -0.1) is 0 Å². The highest BCUT2D eigenvalue weighted by molar-refractivity contribution is 5.76. The number of nitrogens with zero attached hydrogens (tertiary/aromatic N) is 2. The molecular formula is C14H18N4O2. The van der Waals surface area contributed by atoms with Crippen molar-refractivity contribution in [2.75, 3.05) is 12.3 Å². The summed E-state index contributed by atoms with van der Waals surface area (Å²) in [6.07, 6.45) is 1.70. The number of benzene rings is 1. The van der Waals surface area contributed by atoms with Gasteiger partial charge in [-0.05, 0) is 31.0 Å². The van der Waals surface area contributed by atoms with E-state index in [0.717, 1.165) is 11.3 Å². The Balaban J connectivity index is 1.66. The Morgan fingerprint density at radius 3 is 2.70 bits per heavy atom. The Kier molecular flexibility index (Phi) is 4.70. The summed E-state index contributed by atoms with van der Waals surface area (Å²) in [7, 11) is 0. The molecule has 0 aliphatic carbocycles. The van der Waals surface area contributed by atoms with Crippen LogP contribution in [-0.2, 0) is 17.6 Å². The molecule has 1 aromatic carbocycles. The Hall–Kier alpha value is -2.37. The largest absolute Gasteiger partial charge is 0.399 e.